The van der Waals surface area contributed by atoms with Crippen LogP contribution in [0.25, 0.3) is 0 Å². The molecule has 0 aliphatic carbocycles. The first kappa shape index (κ1) is 12.6. The molecule has 7 nitrogen and oxygen atoms in total. The molecule has 0 bridgehead atoms. The van der Waals surface area contributed by atoms with Gasteiger partial charge < -0.3 is 0 Å². The third kappa shape index (κ3) is 2.70. The summed E-state index contributed by atoms with van der Waals surface area (Å²) >= 11 is 4.87. The lowest BCUT2D eigenvalue weighted by Gasteiger charge is -2.00. The molecule has 0 aliphatic rings. The zero-order valence-electron chi connectivity index (χ0n) is 8.89. The number of nitrogens with zero attached hydrogens (tertiary/aromatic N) is 3. The van der Waals surface area contributed by atoms with Crippen molar-refractivity contribution in [3.63, 3.8) is 0 Å². The molecule has 0 saturated carbocycles. The van der Waals surface area contributed by atoms with Gasteiger partial charge >= 0.3 is 0 Å². The van der Waals surface area contributed by atoms with Gasteiger partial charge in [0, 0.05) is 5.56 Å². The van der Waals surface area contributed by atoms with E-state index in [-0.39, 0.29) is 15.2 Å². The Hall–Kier alpha value is -1.84. The van der Waals surface area contributed by atoms with Crippen LogP contribution in [0.2, 0.25) is 0 Å². The lowest BCUT2D eigenvalue weighted by molar-refractivity contribution is 0.483. The van der Waals surface area contributed by atoms with Gasteiger partial charge in [0.25, 0.3) is 10.1 Å². The maximum absolute atomic E-state index is 11.1. The number of hydrogen-bond acceptors (Lipinski definition) is 5. The van der Waals surface area contributed by atoms with Crippen LogP contribution < -0.4 is 0 Å². The quantitative estimate of drug-likeness (QED) is 0.499. The van der Waals surface area contributed by atoms with Gasteiger partial charge in [-0.05, 0) is 18.3 Å². The van der Waals surface area contributed by atoms with E-state index in [2.05, 4.69) is 15.3 Å². The van der Waals surface area contributed by atoms with Crippen LogP contribution in [-0.2, 0) is 10.1 Å². The summed E-state index contributed by atoms with van der Waals surface area (Å²) in [5.74, 6) is 0. The zero-order chi connectivity index (χ0) is 13.2. The molecular weight excluding hydrogens is 276 g/mol. The van der Waals surface area contributed by atoms with Crippen LogP contribution in [0.15, 0.2) is 40.6 Å². The number of aromatic nitrogens is 3. The molecule has 0 radical (unpaired) electrons. The fourth-order valence-corrected chi connectivity index (χ4v) is 2.09. The number of H-pyrrole nitrogens is 1. The Morgan fingerprint density at radius 2 is 2.17 bits per heavy atom. The number of nitrogens with one attached hydrogen (secondary N) is 1. The lowest BCUT2D eigenvalue weighted by atomic mass is 10.2. The summed E-state index contributed by atoms with van der Waals surface area (Å²) in [6.45, 7) is 0. The topological polar surface area (TPSA) is 100 Å². The molecule has 1 aromatic heterocycles. The molecule has 18 heavy (non-hydrogen) atoms. The van der Waals surface area contributed by atoms with E-state index in [1.165, 1.54) is 35.4 Å². The van der Waals surface area contributed by atoms with Gasteiger partial charge in [-0.1, -0.05) is 18.2 Å². The molecule has 94 valence electrons. The van der Waals surface area contributed by atoms with E-state index < -0.39 is 10.1 Å². The summed E-state index contributed by atoms with van der Waals surface area (Å²) in [6.07, 6.45) is 2.61. The molecular formula is C9H8N4O3S2. The SMILES string of the molecule is O=S(=O)(O)c1ccccc1/C=N/n1cn[nH]c1=S. The first-order valence-corrected chi connectivity index (χ1v) is 6.56. The number of aromatic amines is 1. The molecule has 0 unspecified atom stereocenters. The molecule has 0 spiro atoms. The van der Waals surface area contributed by atoms with Crippen LogP contribution >= 0.6 is 12.2 Å². The highest BCUT2D eigenvalue weighted by Crippen LogP contribution is 2.12. The second kappa shape index (κ2) is 4.80. The van der Waals surface area contributed by atoms with Crippen molar-refractivity contribution in [1.29, 1.82) is 0 Å². The molecule has 2 N–H and O–H groups in total. The van der Waals surface area contributed by atoms with Gasteiger partial charge in [0.15, 0.2) is 0 Å². The maximum atomic E-state index is 11.1. The normalized spacial score (nSPS) is 12.1. The minimum absolute atomic E-state index is 0.219. The fraction of sp³-hybridized carbons (Fsp3) is 0. The van der Waals surface area contributed by atoms with Gasteiger partial charge in [0.2, 0.25) is 4.77 Å². The van der Waals surface area contributed by atoms with Gasteiger partial charge in [-0.3, -0.25) is 9.65 Å². The van der Waals surface area contributed by atoms with E-state index in [4.69, 9.17) is 16.8 Å². The lowest BCUT2D eigenvalue weighted by Crippen LogP contribution is -2.03. The van der Waals surface area contributed by atoms with Crippen molar-refractivity contribution >= 4 is 28.6 Å². The molecule has 2 rings (SSSR count). The summed E-state index contributed by atoms with van der Waals surface area (Å²) in [4.78, 5) is -0.219. The first-order chi connectivity index (χ1) is 8.48. The molecule has 1 heterocycles. The third-order valence-electron chi connectivity index (χ3n) is 2.05. The second-order valence-electron chi connectivity index (χ2n) is 3.26. The molecule has 0 saturated heterocycles. The van der Waals surface area contributed by atoms with Gasteiger partial charge in [0.1, 0.15) is 11.2 Å². The van der Waals surface area contributed by atoms with Crippen LogP contribution in [0.1, 0.15) is 5.56 Å². The number of hydrogen-bond donors (Lipinski definition) is 2. The smallest absolute Gasteiger partial charge is 0.282 e. The third-order valence-corrected chi connectivity index (χ3v) is 3.26. The predicted octanol–water partition coefficient (Wildman–Crippen LogP) is 1.07. The van der Waals surface area contributed by atoms with Crippen LogP contribution in [0.5, 0.6) is 0 Å². The van der Waals surface area contributed by atoms with Crippen molar-refractivity contribution in [2.24, 2.45) is 5.10 Å². The Kier molecular flexibility index (Phi) is 3.36. The van der Waals surface area contributed by atoms with Crippen LogP contribution in [0.3, 0.4) is 0 Å². The summed E-state index contributed by atoms with van der Waals surface area (Å²) in [5.41, 5.74) is 0.253. The van der Waals surface area contributed by atoms with Crippen molar-refractivity contribution in [3.05, 3.63) is 40.9 Å². The van der Waals surface area contributed by atoms with Crippen LogP contribution in [-0.4, -0.2) is 34.1 Å². The average Bonchev–Trinajstić information content (AvgIpc) is 2.71. The summed E-state index contributed by atoms with van der Waals surface area (Å²) < 4.78 is 32.8. The summed E-state index contributed by atoms with van der Waals surface area (Å²) in [6, 6.07) is 5.93. The van der Waals surface area contributed by atoms with E-state index in [0.29, 0.717) is 0 Å². The minimum atomic E-state index is -4.28. The monoisotopic (exact) mass is 284 g/mol. The highest BCUT2D eigenvalue weighted by atomic mass is 32.2. The van der Waals surface area contributed by atoms with Crippen molar-refractivity contribution in [1.82, 2.24) is 14.9 Å². The zero-order valence-corrected chi connectivity index (χ0v) is 10.5. The largest absolute Gasteiger partial charge is 0.295 e. The Labute approximate surface area is 108 Å². The highest BCUT2D eigenvalue weighted by molar-refractivity contribution is 7.86. The van der Waals surface area contributed by atoms with Gasteiger partial charge in [-0.2, -0.15) is 23.3 Å². The predicted molar refractivity (Wildman–Crippen MR) is 66.7 cm³/mol. The first-order valence-electron chi connectivity index (χ1n) is 4.71. The molecule has 1 aromatic carbocycles. The van der Waals surface area contributed by atoms with Crippen molar-refractivity contribution in [2.45, 2.75) is 4.90 Å². The van der Waals surface area contributed by atoms with Crippen molar-refractivity contribution in [3.8, 4) is 0 Å². The standard InChI is InChI=1S/C9H8N4O3S2/c14-18(15,16)8-4-2-1-3-7(8)5-11-13-6-10-12-9(13)17/h1-6H,(H,12,17)(H,14,15,16)/b11-5+. The van der Waals surface area contributed by atoms with Gasteiger partial charge in [0.05, 0.1) is 6.21 Å². The van der Waals surface area contributed by atoms with Crippen molar-refractivity contribution < 1.29 is 13.0 Å². The Bertz CT molecular complexity index is 745. The molecule has 0 aliphatic heterocycles. The summed E-state index contributed by atoms with van der Waals surface area (Å²) in [7, 11) is -4.28. The van der Waals surface area contributed by atoms with Gasteiger partial charge in [-0.15, -0.1) is 0 Å². The molecule has 0 fully saturated rings. The minimum Gasteiger partial charge on any atom is -0.282 e. The van der Waals surface area contributed by atoms with E-state index >= 15 is 0 Å². The van der Waals surface area contributed by atoms with E-state index in [0.717, 1.165) is 0 Å². The van der Waals surface area contributed by atoms with E-state index in [9.17, 15) is 8.42 Å². The molecule has 0 amide bonds. The average molecular weight is 284 g/mol. The van der Waals surface area contributed by atoms with Crippen molar-refractivity contribution in [2.75, 3.05) is 0 Å². The Morgan fingerprint density at radius 3 is 2.78 bits per heavy atom. The van der Waals surface area contributed by atoms with Gasteiger partial charge in [-0.25, -0.2) is 0 Å². The second-order valence-corrected chi connectivity index (χ2v) is 5.04. The fourth-order valence-electron chi connectivity index (χ4n) is 1.27. The van der Waals surface area contributed by atoms with Crippen LogP contribution in [0.4, 0.5) is 0 Å². The van der Waals surface area contributed by atoms with E-state index in [1.807, 2.05) is 0 Å². The Morgan fingerprint density at radius 1 is 1.44 bits per heavy atom. The summed E-state index contributed by atoms with van der Waals surface area (Å²) in [5, 5.41) is 10.1. The molecule has 9 heteroatoms. The number of rotatable bonds is 3. The molecule has 2 aromatic rings. The van der Waals surface area contributed by atoms with Crippen LogP contribution in [0, 0.1) is 4.77 Å². The van der Waals surface area contributed by atoms with E-state index in [1.54, 1.807) is 6.07 Å². The maximum Gasteiger partial charge on any atom is 0.295 e. The highest BCUT2D eigenvalue weighted by Gasteiger charge is 2.12. The number of benzene rings is 1. The Balaban J connectivity index is 2.45. The molecule has 0 atom stereocenters.